The Labute approximate surface area is 150 Å². The lowest BCUT2D eigenvalue weighted by molar-refractivity contribution is -0.131. The van der Waals surface area contributed by atoms with Crippen molar-refractivity contribution in [3.05, 3.63) is 24.5 Å². The number of nitrogens with zero attached hydrogens (tertiary/aromatic N) is 4. The smallest absolute Gasteiger partial charge is 0.282 e. The summed E-state index contributed by atoms with van der Waals surface area (Å²) in [6.45, 7) is 4.14. The van der Waals surface area contributed by atoms with Crippen molar-refractivity contribution in [3.8, 4) is 0 Å². The van der Waals surface area contributed by atoms with E-state index in [1.165, 1.54) is 0 Å². The quantitative estimate of drug-likeness (QED) is 0.756. The highest BCUT2D eigenvalue weighted by Gasteiger charge is 2.33. The number of amides is 1. The van der Waals surface area contributed by atoms with E-state index < -0.39 is 10.2 Å². The molecule has 0 aromatic carbocycles. The van der Waals surface area contributed by atoms with E-state index in [0.717, 1.165) is 25.8 Å². The molecule has 0 spiro atoms. The third-order valence-electron chi connectivity index (χ3n) is 5.00. The Bertz CT molecular complexity index is 653. The van der Waals surface area contributed by atoms with Crippen LogP contribution in [-0.2, 0) is 21.5 Å². The highest BCUT2D eigenvalue weighted by atomic mass is 32.2. The van der Waals surface area contributed by atoms with Crippen LogP contribution in [-0.4, -0.2) is 71.7 Å². The van der Waals surface area contributed by atoms with Gasteiger partial charge < -0.3 is 9.47 Å². The van der Waals surface area contributed by atoms with Crippen LogP contribution in [0, 0.1) is 0 Å². The van der Waals surface area contributed by atoms with Crippen molar-refractivity contribution in [1.82, 2.24) is 18.1 Å². The second-order valence-electron chi connectivity index (χ2n) is 6.77. The van der Waals surface area contributed by atoms with E-state index in [0.29, 0.717) is 52.1 Å². The van der Waals surface area contributed by atoms with Gasteiger partial charge in [0.15, 0.2) is 0 Å². The molecule has 3 heterocycles. The fourth-order valence-electron chi connectivity index (χ4n) is 3.55. The number of aromatic nitrogens is 1. The maximum atomic E-state index is 12.7. The van der Waals surface area contributed by atoms with Gasteiger partial charge in [0.1, 0.15) is 0 Å². The second kappa shape index (κ2) is 8.33. The predicted molar refractivity (Wildman–Crippen MR) is 96.2 cm³/mol. The summed E-state index contributed by atoms with van der Waals surface area (Å²) >= 11 is 0. The van der Waals surface area contributed by atoms with Crippen molar-refractivity contribution < 1.29 is 13.2 Å². The molecule has 8 heteroatoms. The Balaban J connectivity index is 1.48. The zero-order chi connectivity index (χ0) is 17.7. The number of rotatable bonds is 6. The largest absolute Gasteiger partial charge is 0.354 e. The van der Waals surface area contributed by atoms with Gasteiger partial charge in [-0.25, -0.2) is 0 Å². The molecule has 7 nitrogen and oxygen atoms in total. The summed E-state index contributed by atoms with van der Waals surface area (Å²) in [5.41, 5.74) is 0. The lowest BCUT2D eigenvalue weighted by Gasteiger charge is -2.26. The van der Waals surface area contributed by atoms with Gasteiger partial charge in [-0.3, -0.25) is 4.79 Å². The molecule has 1 aromatic rings. The first-order chi connectivity index (χ1) is 12.1. The first-order valence-corrected chi connectivity index (χ1v) is 10.6. The van der Waals surface area contributed by atoms with Crippen LogP contribution in [0.2, 0.25) is 0 Å². The zero-order valence-electron chi connectivity index (χ0n) is 14.7. The van der Waals surface area contributed by atoms with Gasteiger partial charge in [0.25, 0.3) is 10.2 Å². The van der Waals surface area contributed by atoms with Gasteiger partial charge in [-0.1, -0.05) is 0 Å². The molecule has 0 radical (unpaired) electrons. The van der Waals surface area contributed by atoms with Crippen molar-refractivity contribution in [2.45, 2.75) is 38.6 Å². The molecular weight excluding hydrogens is 340 g/mol. The highest BCUT2D eigenvalue weighted by Crippen LogP contribution is 2.18. The molecule has 140 valence electrons. The fourth-order valence-corrected chi connectivity index (χ4v) is 5.26. The first-order valence-electron chi connectivity index (χ1n) is 9.21. The van der Waals surface area contributed by atoms with Crippen LogP contribution in [0.25, 0.3) is 0 Å². The molecule has 3 rings (SSSR count). The standard InChI is InChI=1S/C17H28N4O3S/c22-17(7-5-10-18-8-1-2-9-18)19-11-6-14-21(16-15-19)25(23,24)20-12-3-4-13-20/h1-2,8-9H,3-7,10-16H2. The van der Waals surface area contributed by atoms with Crippen LogP contribution < -0.4 is 0 Å². The van der Waals surface area contributed by atoms with Crippen LogP contribution >= 0.6 is 0 Å². The number of hydrogen-bond acceptors (Lipinski definition) is 3. The summed E-state index contributed by atoms with van der Waals surface area (Å²) in [6, 6.07) is 3.96. The molecule has 2 aliphatic rings. The minimum Gasteiger partial charge on any atom is -0.354 e. The van der Waals surface area contributed by atoms with Gasteiger partial charge in [0.2, 0.25) is 5.91 Å². The van der Waals surface area contributed by atoms with Gasteiger partial charge in [-0.2, -0.15) is 17.0 Å². The summed E-state index contributed by atoms with van der Waals surface area (Å²) in [5.74, 6) is 0.132. The average molecular weight is 369 g/mol. The van der Waals surface area contributed by atoms with Crippen molar-refractivity contribution in [2.75, 3.05) is 39.3 Å². The maximum Gasteiger partial charge on any atom is 0.282 e. The minimum absolute atomic E-state index is 0.132. The van der Waals surface area contributed by atoms with E-state index in [1.807, 2.05) is 29.4 Å². The lowest BCUT2D eigenvalue weighted by atomic mass is 10.2. The Morgan fingerprint density at radius 1 is 0.840 bits per heavy atom. The minimum atomic E-state index is -3.36. The molecule has 2 fully saturated rings. The SMILES string of the molecule is O=C(CCCn1cccc1)N1CCCN(S(=O)(=O)N2CCCC2)CC1. The monoisotopic (exact) mass is 368 g/mol. The Kier molecular flexibility index (Phi) is 6.14. The van der Waals surface area contributed by atoms with Crippen LogP contribution in [0.15, 0.2) is 24.5 Å². The van der Waals surface area contributed by atoms with Gasteiger partial charge in [-0.15, -0.1) is 0 Å². The van der Waals surface area contributed by atoms with Crippen LogP contribution in [0.1, 0.15) is 32.1 Å². The third kappa shape index (κ3) is 4.62. The molecule has 0 saturated carbocycles. The molecule has 1 amide bonds. The summed E-state index contributed by atoms with van der Waals surface area (Å²) in [6.07, 6.45) is 7.90. The van der Waals surface area contributed by atoms with Gasteiger partial charge in [-0.05, 0) is 37.8 Å². The molecule has 0 N–H and O–H groups in total. The van der Waals surface area contributed by atoms with E-state index >= 15 is 0 Å². The number of hydrogen-bond donors (Lipinski definition) is 0. The van der Waals surface area contributed by atoms with Crippen LogP contribution in [0.3, 0.4) is 0 Å². The third-order valence-corrected chi connectivity index (χ3v) is 7.03. The maximum absolute atomic E-state index is 12.7. The Morgan fingerprint density at radius 3 is 2.20 bits per heavy atom. The molecule has 0 atom stereocenters. The molecule has 0 unspecified atom stereocenters. The van der Waals surface area contributed by atoms with Crippen molar-refractivity contribution in [2.24, 2.45) is 0 Å². The molecule has 0 aliphatic carbocycles. The molecule has 2 aliphatic heterocycles. The van der Waals surface area contributed by atoms with Crippen LogP contribution in [0.4, 0.5) is 0 Å². The van der Waals surface area contributed by atoms with E-state index in [4.69, 9.17) is 0 Å². The molecular formula is C17H28N4O3S. The van der Waals surface area contributed by atoms with E-state index in [1.54, 1.807) is 8.61 Å². The van der Waals surface area contributed by atoms with E-state index in [-0.39, 0.29) is 5.91 Å². The fraction of sp³-hybridized carbons (Fsp3) is 0.706. The second-order valence-corrected chi connectivity index (χ2v) is 8.70. The van der Waals surface area contributed by atoms with Gasteiger partial charge in [0, 0.05) is 64.6 Å². The van der Waals surface area contributed by atoms with E-state index in [9.17, 15) is 13.2 Å². The molecule has 2 saturated heterocycles. The van der Waals surface area contributed by atoms with Crippen molar-refractivity contribution >= 4 is 16.1 Å². The average Bonchev–Trinajstić information content (AvgIpc) is 3.25. The first kappa shape index (κ1) is 18.4. The Morgan fingerprint density at radius 2 is 1.48 bits per heavy atom. The number of carbonyl (C=O) groups excluding carboxylic acids is 1. The lowest BCUT2D eigenvalue weighted by Crippen LogP contribution is -2.44. The summed E-state index contributed by atoms with van der Waals surface area (Å²) < 4.78 is 30.5. The molecule has 25 heavy (non-hydrogen) atoms. The number of carbonyl (C=O) groups is 1. The summed E-state index contributed by atoms with van der Waals surface area (Å²) in [5, 5.41) is 0. The topological polar surface area (TPSA) is 65.9 Å². The van der Waals surface area contributed by atoms with Crippen LogP contribution in [0.5, 0.6) is 0 Å². The van der Waals surface area contributed by atoms with Crippen molar-refractivity contribution in [1.29, 1.82) is 0 Å². The predicted octanol–water partition coefficient (Wildman–Crippen LogP) is 1.14. The molecule has 0 bridgehead atoms. The normalized spacial score (nSPS) is 20.7. The van der Waals surface area contributed by atoms with Gasteiger partial charge >= 0.3 is 0 Å². The van der Waals surface area contributed by atoms with Crippen molar-refractivity contribution in [3.63, 3.8) is 0 Å². The Hall–Kier alpha value is -1.38. The van der Waals surface area contributed by atoms with E-state index in [2.05, 4.69) is 4.57 Å². The summed E-state index contributed by atoms with van der Waals surface area (Å²) in [7, 11) is -3.36. The number of aryl methyl sites for hydroxylation is 1. The molecule has 1 aromatic heterocycles. The summed E-state index contributed by atoms with van der Waals surface area (Å²) in [4.78, 5) is 14.3. The zero-order valence-corrected chi connectivity index (χ0v) is 15.5. The highest BCUT2D eigenvalue weighted by molar-refractivity contribution is 7.86. The van der Waals surface area contributed by atoms with Gasteiger partial charge in [0.05, 0.1) is 0 Å².